The Morgan fingerprint density at radius 3 is 2.93 bits per heavy atom. The van der Waals surface area contributed by atoms with Crippen LogP contribution in [0.1, 0.15) is 5.56 Å². The molecule has 0 fully saturated rings. The van der Waals surface area contributed by atoms with Crippen molar-refractivity contribution in [3.05, 3.63) is 60.1 Å². The quantitative estimate of drug-likeness (QED) is 0.725. The molecule has 3 heteroatoms. The molecule has 0 saturated carbocycles. The van der Waals surface area contributed by atoms with E-state index in [4.69, 9.17) is 4.74 Å². The summed E-state index contributed by atoms with van der Waals surface area (Å²) in [6.07, 6.45) is 7.72. The summed E-state index contributed by atoms with van der Waals surface area (Å²) in [6.45, 7) is 0. The van der Waals surface area contributed by atoms with Crippen molar-refractivity contribution in [3.8, 4) is 5.75 Å². The first-order valence-electron chi connectivity index (χ1n) is 4.55. The zero-order valence-corrected chi connectivity index (χ0v) is 8.75. The molecule has 2 nitrogen and oxygen atoms in total. The number of hydrogen-bond donors (Lipinski definition) is 1. The highest BCUT2D eigenvalue weighted by Crippen LogP contribution is 2.34. The monoisotopic (exact) mass is 219 g/mol. The Kier molecular flexibility index (Phi) is 2.52. The van der Waals surface area contributed by atoms with Gasteiger partial charge in [-0.15, -0.1) is 12.4 Å². The molecule has 2 heterocycles. The molecule has 2 aliphatic heterocycles. The number of nitrogens with one attached hydrogen (secondary N) is 1. The van der Waals surface area contributed by atoms with Crippen molar-refractivity contribution < 1.29 is 4.74 Å². The van der Waals surface area contributed by atoms with Crippen molar-refractivity contribution in [2.45, 2.75) is 0 Å². The Hall–Kier alpha value is -1.67. The number of ether oxygens (including phenoxy) is 1. The molecule has 3 rings (SSSR count). The summed E-state index contributed by atoms with van der Waals surface area (Å²) in [5.74, 6) is 0.916. The molecule has 0 amide bonds. The highest BCUT2D eigenvalue weighted by molar-refractivity contribution is 5.85. The fourth-order valence-corrected chi connectivity index (χ4v) is 1.70. The van der Waals surface area contributed by atoms with E-state index in [-0.39, 0.29) is 12.4 Å². The van der Waals surface area contributed by atoms with E-state index in [9.17, 15) is 0 Å². The van der Waals surface area contributed by atoms with Crippen LogP contribution in [0.4, 0.5) is 0 Å². The van der Waals surface area contributed by atoms with Crippen LogP contribution < -0.4 is 10.1 Å². The van der Waals surface area contributed by atoms with Gasteiger partial charge in [0, 0.05) is 17.3 Å². The summed E-state index contributed by atoms with van der Waals surface area (Å²) in [5, 5.41) is 3.15. The van der Waals surface area contributed by atoms with Crippen LogP contribution in [-0.2, 0) is 0 Å². The lowest BCUT2D eigenvalue weighted by atomic mass is 9.99. The lowest BCUT2D eigenvalue weighted by molar-refractivity contribution is 0.467. The van der Waals surface area contributed by atoms with Gasteiger partial charge < -0.3 is 10.1 Å². The van der Waals surface area contributed by atoms with Gasteiger partial charge >= 0.3 is 0 Å². The molecular weight excluding hydrogens is 210 g/mol. The third kappa shape index (κ3) is 1.53. The fraction of sp³-hybridized carbons (Fsp3) is 0. The minimum atomic E-state index is 0. The van der Waals surface area contributed by atoms with Crippen molar-refractivity contribution in [3.63, 3.8) is 0 Å². The molecule has 0 bridgehead atoms. The average Bonchev–Trinajstić information content (AvgIpc) is 2.29. The van der Waals surface area contributed by atoms with E-state index in [1.165, 1.54) is 5.57 Å². The van der Waals surface area contributed by atoms with E-state index in [2.05, 4.69) is 17.5 Å². The Morgan fingerprint density at radius 2 is 2.00 bits per heavy atom. The Morgan fingerprint density at radius 1 is 1.13 bits per heavy atom. The molecule has 2 aliphatic rings. The normalized spacial score (nSPS) is 15.7. The SMILES string of the molecule is C1=CNC2=COc3ccccc3C2=C1.Cl. The maximum absolute atomic E-state index is 5.49. The summed E-state index contributed by atoms with van der Waals surface area (Å²) in [4.78, 5) is 0. The number of para-hydroxylation sites is 1. The van der Waals surface area contributed by atoms with Gasteiger partial charge in [-0.3, -0.25) is 0 Å². The van der Waals surface area contributed by atoms with E-state index >= 15 is 0 Å². The molecule has 0 aromatic heterocycles. The van der Waals surface area contributed by atoms with Crippen LogP contribution in [0.3, 0.4) is 0 Å². The predicted molar refractivity (Wildman–Crippen MR) is 62.7 cm³/mol. The lowest BCUT2D eigenvalue weighted by Crippen LogP contribution is -2.14. The van der Waals surface area contributed by atoms with Gasteiger partial charge in [-0.1, -0.05) is 24.3 Å². The second-order valence-corrected chi connectivity index (χ2v) is 3.23. The topological polar surface area (TPSA) is 21.3 Å². The van der Waals surface area contributed by atoms with Gasteiger partial charge in [-0.2, -0.15) is 0 Å². The highest BCUT2D eigenvalue weighted by Gasteiger charge is 2.17. The van der Waals surface area contributed by atoms with Crippen LogP contribution in [0.15, 0.2) is 54.6 Å². The molecule has 1 N–H and O–H groups in total. The third-order valence-corrected chi connectivity index (χ3v) is 2.37. The van der Waals surface area contributed by atoms with Gasteiger partial charge in [-0.25, -0.2) is 0 Å². The number of rotatable bonds is 0. The van der Waals surface area contributed by atoms with E-state index in [1.807, 2.05) is 30.5 Å². The predicted octanol–water partition coefficient (Wildman–Crippen LogP) is 2.84. The van der Waals surface area contributed by atoms with Gasteiger partial charge in [0.2, 0.25) is 0 Å². The molecule has 1 aromatic rings. The first-order valence-corrected chi connectivity index (χ1v) is 4.55. The first kappa shape index (κ1) is 9.87. The smallest absolute Gasteiger partial charge is 0.134 e. The zero-order chi connectivity index (χ0) is 9.38. The summed E-state index contributed by atoms with van der Waals surface area (Å²) in [7, 11) is 0. The van der Waals surface area contributed by atoms with Crippen LogP contribution in [0.5, 0.6) is 5.75 Å². The zero-order valence-electron chi connectivity index (χ0n) is 7.94. The fourth-order valence-electron chi connectivity index (χ4n) is 1.70. The average molecular weight is 220 g/mol. The molecule has 0 spiro atoms. The molecule has 0 radical (unpaired) electrons. The van der Waals surface area contributed by atoms with Gasteiger partial charge in [0.15, 0.2) is 0 Å². The van der Waals surface area contributed by atoms with Gasteiger partial charge in [0.05, 0.1) is 5.70 Å². The molecule has 0 aliphatic carbocycles. The second kappa shape index (κ2) is 3.83. The Labute approximate surface area is 94.4 Å². The summed E-state index contributed by atoms with van der Waals surface area (Å²) in [6, 6.07) is 8.03. The standard InChI is InChI=1S/C12H9NO.ClH/c1-2-6-12-10(4-1)9-5-3-7-13-11(9)8-14-12;/h1-8,13H;1H. The number of hydrogen-bond acceptors (Lipinski definition) is 2. The van der Waals surface area contributed by atoms with Crippen LogP contribution in [-0.4, -0.2) is 0 Å². The van der Waals surface area contributed by atoms with E-state index < -0.39 is 0 Å². The van der Waals surface area contributed by atoms with E-state index in [0.717, 1.165) is 17.0 Å². The summed E-state index contributed by atoms with van der Waals surface area (Å²) < 4.78 is 5.49. The molecule has 1 aromatic carbocycles. The maximum Gasteiger partial charge on any atom is 0.134 e. The minimum absolute atomic E-state index is 0. The van der Waals surface area contributed by atoms with Crippen LogP contribution in [0, 0.1) is 0 Å². The molecule has 0 atom stereocenters. The summed E-state index contributed by atoms with van der Waals surface area (Å²) >= 11 is 0. The largest absolute Gasteiger partial charge is 0.462 e. The number of dihydropyridines is 1. The lowest BCUT2D eigenvalue weighted by Gasteiger charge is -2.21. The number of halogens is 1. The molecular formula is C12H10ClNO. The molecule has 0 unspecified atom stereocenters. The van der Waals surface area contributed by atoms with Gasteiger partial charge in [0.25, 0.3) is 0 Å². The summed E-state index contributed by atoms with van der Waals surface area (Å²) in [5.41, 5.74) is 3.35. The van der Waals surface area contributed by atoms with Crippen molar-refractivity contribution in [2.24, 2.45) is 0 Å². The van der Waals surface area contributed by atoms with Crippen molar-refractivity contribution >= 4 is 18.0 Å². The number of allylic oxidation sites excluding steroid dienone is 3. The second-order valence-electron chi connectivity index (χ2n) is 3.23. The maximum atomic E-state index is 5.49. The molecule has 0 saturated heterocycles. The van der Waals surface area contributed by atoms with Crippen LogP contribution >= 0.6 is 12.4 Å². The van der Waals surface area contributed by atoms with Crippen molar-refractivity contribution in [1.82, 2.24) is 5.32 Å². The van der Waals surface area contributed by atoms with Crippen molar-refractivity contribution in [2.75, 3.05) is 0 Å². The highest BCUT2D eigenvalue weighted by atomic mass is 35.5. The van der Waals surface area contributed by atoms with Gasteiger partial charge in [0.1, 0.15) is 12.0 Å². The first-order chi connectivity index (χ1) is 6.95. The third-order valence-electron chi connectivity index (χ3n) is 2.37. The number of benzene rings is 1. The molecule has 15 heavy (non-hydrogen) atoms. The Balaban J connectivity index is 0.000000853. The number of fused-ring (bicyclic) bond motifs is 3. The minimum Gasteiger partial charge on any atom is -0.462 e. The van der Waals surface area contributed by atoms with Crippen LogP contribution in [0.2, 0.25) is 0 Å². The molecule has 76 valence electrons. The van der Waals surface area contributed by atoms with Crippen molar-refractivity contribution in [1.29, 1.82) is 0 Å². The van der Waals surface area contributed by atoms with Gasteiger partial charge in [-0.05, 0) is 12.1 Å². The van der Waals surface area contributed by atoms with Crippen LogP contribution in [0.25, 0.3) is 5.57 Å². The van der Waals surface area contributed by atoms with E-state index in [1.54, 1.807) is 6.26 Å². The Bertz CT molecular complexity index is 474. The van der Waals surface area contributed by atoms with E-state index in [0.29, 0.717) is 0 Å².